The van der Waals surface area contributed by atoms with Gasteiger partial charge >= 0.3 is 0 Å². The Hall–Kier alpha value is -1.49. The predicted octanol–water partition coefficient (Wildman–Crippen LogP) is 2.46. The fourth-order valence-corrected chi connectivity index (χ4v) is 3.27. The third-order valence-electron chi connectivity index (χ3n) is 4.53. The molecule has 0 radical (unpaired) electrons. The van der Waals surface area contributed by atoms with Crippen LogP contribution in [0.5, 0.6) is 0 Å². The first-order chi connectivity index (χ1) is 9.72. The third kappa shape index (κ3) is 3.40. The van der Waals surface area contributed by atoms with Gasteiger partial charge in [0, 0.05) is 6.42 Å². The van der Waals surface area contributed by atoms with Crippen LogP contribution in [0.4, 0.5) is 0 Å². The molecule has 1 aliphatic heterocycles. The molecule has 3 nitrogen and oxygen atoms in total. The predicted molar refractivity (Wildman–Crippen MR) is 86.8 cm³/mol. The summed E-state index contributed by atoms with van der Waals surface area (Å²) in [4.78, 5) is 11.7. The Bertz CT molecular complexity index is 578. The van der Waals surface area contributed by atoms with E-state index in [1.807, 2.05) is 0 Å². The number of nitrogens with one attached hydrogen (secondary N) is 1. The Morgan fingerprint density at radius 3 is 2.57 bits per heavy atom. The second-order valence-electron chi connectivity index (χ2n) is 7.09. The van der Waals surface area contributed by atoms with E-state index in [1.165, 1.54) is 0 Å². The number of allylic oxidation sites excluding steroid dienone is 2. The van der Waals surface area contributed by atoms with Gasteiger partial charge in [0.25, 0.3) is 0 Å². The molecule has 0 aromatic carbocycles. The van der Waals surface area contributed by atoms with E-state index in [9.17, 15) is 4.79 Å². The van der Waals surface area contributed by atoms with Crippen LogP contribution in [0, 0.1) is 29.6 Å². The molecule has 2 aliphatic rings. The summed E-state index contributed by atoms with van der Waals surface area (Å²) >= 11 is 0. The smallest absolute Gasteiger partial charge is 0.226 e. The van der Waals surface area contributed by atoms with Crippen LogP contribution in [0.3, 0.4) is 0 Å². The van der Waals surface area contributed by atoms with Crippen LogP contribution >= 0.6 is 0 Å². The average molecular weight is 301 g/mol. The lowest BCUT2D eigenvalue weighted by Gasteiger charge is -2.44. The summed E-state index contributed by atoms with van der Waals surface area (Å²) in [6, 6.07) is -0.0417. The van der Waals surface area contributed by atoms with Crippen molar-refractivity contribution in [1.82, 2.24) is 5.32 Å². The van der Waals surface area contributed by atoms with E-state index < -0.39 is 8.32 Å². The number of amides is 1. The highest BCUT2D eigenvalue weighted by molar-refractivity contribution is 6.74. The van der Waals surface area contributed by atoms with Crippen molar-refractivity contribution < 1.29 is 9.22 Å². The van der Waals surface area contributed by atoms with E-state index >= 15 is 0 Å². The van der Waals surface area contributed by atoms with Gasteiger partial charge in [0.05, 0.1) is 12.0 Å². The largest absolute Gasteiger partial charge is 0.401 e. The Balaban J connectivity index is 2.24. The molecule has 0 aromatic rings. The molecule has 1 N–H and O–H groups in total. The van der Waals surface area contributed by atoms with Crippen molar-refractivity contribution in [3.8, 4) is 23.7 Å². The minimum atomic E-state index is -1.93. The minimum Gasteiger partial charge on any atom is -0.401 e. The Kier molecular flexibility index (Phi) is 4.32. The monoisotopic (exact) mass is 301 g/mol. The number of fused-ring (bicyclic) bond motifs is 1. The summed E-state index contributed by atoms with van der Waals surface area (Å²) in [5, 5.41) is 3.06. The van der Waals surface area contributed by atoms with Gasteiger partial charge in [-0.3, -0.25) is 4.79 Å². The molecule has 1 amide bonds. The summed E-state index contributed by atoms with van der Waals surface area (Å²) < 4.78 is 6.43. The number of carbonyl (C=O) groups is 1. The molecule has 4 heteroatoms. The number of hydrogen-bond donors (Lipinski definition) is 1. The topological polar surface area (TPSA) is 38.3 Å². The van der Waals surface area contributed by atoms with E-state index in [2.05, 4.69) is 62.9 Å². The van der Waals surface area contributed by atoms with Gasteiger partial charge in [0.1, 0.15) is 6.10 Å². The van der Waals surface area contributed by atoms with Gasteiger partial charge in [-0.15, -0.1) is 0 Å². The summed E-state index contributed by atoms with van der Waals surface area (Å²) in [5.74, 6) is 12.0. The number of hydrogen-bond acceptors (Lipinski definition) is 2. The van der Waals surface area contributed by atoms with Gasteiger partial charge < -0.3 is 9.74 Å². The fraction of sp³-hybridized carbons (Fsp3) is 0.588. The first kappa shape index (κ1) is 15.9. The van der Waals surface area contributed by atoms with Gasteiger partial charge in [-0.05, 0) is 30.3 Å². The molecule has 1 aliphatic carbocycles. The van der Waals surface area contributed by atoms with Crippen molar-refractivity contribution >= 4 is 14.2 Å². The van der Waals surface area contributed by atoms with Gasteiger partial charge in [-0.25, -0.2) is 0 Å². The summed E-state index contributed by atoms with van der Waals surface area (Å²) in [7, 11) is -1.93. The van der Waals surface area contributed by atoms with Crippen molar-refractivity contribution in [3.05, 3.63) is 12.2 Å². The molecule has 0 spiro atoms. The van der Waals surface area contributed by atoms with Gasteiger partial charge in [-0.1, -0.05) is 44.5 Å². The highest BCUT2D eigenvalue weighted by Crippen LogP contribution is 2.38. The van der Waals surface area contributed by atoms with E-state index in [0.717, 1.165) is 0 Å². The molecular formula is C17H23NO2Si. The fourth-order valence-electron chi connectivity index (χ4n) is 2.07. The second kappa shape index (κ2) is 5.71. The van der Waals surface area contributed by atoms with Crippen molar-refractivity contribution in [3.63, 3.8) is 0 Å². The van der Waals surface area contributed by atoms with Crippen LogP contribution in [0.1, 0.15) is 27.2 Å². The molecule has 21 heavy (non-hydrogen) atoms. The molecule has 3 atom stereocenters. The molecule has 112 valence electrons. The van der Waals surface area contributed by atoms with E-state index in [1.54, 1.807) is 12.2 Å². The quantitative estimate of drug-likeness (QED) is 0.483. The SMILES string of the molecule is CC(C)(C)[Si](C)(C)OC1C#C/C=C\C#CC[C@H]2C(=O)N[C@H]12. The maximum Gasteiger partial charge on any atom is 0.226 e. The van der Waals surface area contributed by atoms with Gasteiger partial charge in [-0.2, -0.15) is 0 Å². The van der Waals surface area contributed by atoms with Crippen molar-refractivity contribution in [2.75, 3.05) is 0 Å². The normalized spacial score (nSPS) is 29.6. The molecular weight excluding hydrogens is 278 g/mol. The van der Waals surface area contributed by atoms with Gasteiger partial charge in [0.15, 0.2) is 8.32 Å². The zero-order valence-electron chi connectivity index (χ0n) is 13.4. The molecule has 1 heterocycles. The van der Waals surface area contributed by atoms with Crippen LogP contribution in [-0.4, -0.2) is 26.4 Å². The highest BCUT2D eigenvalue weighted by Gasteiger charge is 2.47. The molecule has 1 fully saturated rings. The van der Waals surface area contributed by atoms with Crippen LogP contribution in [-0.2, 0) is 9.22 Å². The number of rotatable bonds is 2. The standard InChI is InChI=1S/C17H23NO2Si/c1-17(2,3)21(4,5)20-14-12-10-8-6-7-9-11-13-15(14)18-16(13)19/h6,8,13-15H,11H2,1-5H3,(H,18,19)/b8-6-/t13-,14?,15+/m1/s1. The maximum absolute atomic E-state index is 11.7. The maximum atomic E-state index is 11.7. The lowest BCUT2D eigenvalue weighted by molar-refractivity contribution is -0.137. The molecule has 1 unspecified atom stereocenters. The number of β-lactam (4-membered cyclic amide) rings is 1. The number of carbonyl (C=O) groups excluding carboxylic acids is 1. The Labute approximate surface area is 128 Å². The minimum absolute atomic E-state index is 0.0417. The molecule has 1 saturated heterocycles. The first-order valence-electron chi connectivity index (χ1n) is 7.35. The molecule has 0 aromatic heterocycles. The molecule has 0 bridgehead atoms. The van der Waals surface area contributed by atoms with Crippen molar-refractivity contribution in [2.24, 2.45) is 5.92 Å². The van der Waals surface area contributed by atoms with E-state index in [4.69, 9.17) is 4.43 Å². The lowest BCUT2D eigenvalue weighted by atomic mass is 9.84. The average Bonchev–Trinajstić information content (AvgIpc) is 2.35. The van der Waals surface area contributed by atoms with Crippen LogP contribution < -0.4 is 5.32 Å². The van der Waals surface area contributed by atoms with Crippen molar-refractivity contribution in [2.45, 2.75) is 57.5 Å². The third-order valence-corrected chi connectivity index (χ3v) is 8.99. The van der Waals surface area contributed by atoms with Crippen molar-refractivity contribution in [1.29, 1.82) is 0 Å². The van der Waals surface area contributed by atoms with Gasteiger partial charge in [0.2, 0.25) is 5.91 Å². The first-order valence-corrected chi connectivity index (χ1v) is 10.3. The zero-order valence-corrected chi connectivity index (χ0v) is 14.4. The molecule has 0 saturated carbocycles. The summed E-state index contributed by atoms with van der Waals surface area (Å²) in [6.45, 7) is 11.0. The summed E-state index contributed by atoms with van der Waals surface area (Å²) in [5.41, 5.74) is 0. The van der Waals surface area contributed by atoms with E-state index in [-0.39, 0.29) is 29.0 Å². The molecule has 2 rings (SSSR count). The zero-order chi connectivity index (χ0) is 15.7. The Morgan fingerprint density at radius 2 is 1.95 bits per heavy atom. The lowest BCUT2D eigenvalue weighted by Crippen LogP contribution is -2.65. The second-order valence-corrected chi connectivity index (χ2v) is 11.8. The summed E-state index contributed by atoms with van der Waals surface area (Å²) in [6.07, 6.45) is 3.79. The van der Waals surface area contributed by atoms with Crippen LogP contribution in [0.2, 0.25) is 18.1 Å². The van der Waals surface area contributed by atoms with E-state index in [0.29, 0.717) is 6.42 Å². The Morgan fingerprint density at radius 1 is 1.29 bits per heavy atom. The van der Waals surface area contributed by atoms with Crippen LogP contribution in [0.15, 0.2) is 12.2 Å². The highest BCUT2D eigenvalue weighted by atomic mass is 28.4. The van der Waals surface area contributed by atoms with Crippen LogP contribution in [0.25, 0.3) is 0 Å².